The van der Waals surface area contributed by atoms with Gasteiger partial charge in [-0.05, 0) is 42.3 Å². The lowest BCUT2D eigenvalue weighted by atomic mass is 10.1. The maximum absolute atomic E-state index is 13.0. The van der Waals surface area contributed by atoms with Crippen LogP contribution in [-0.2, 0) is 11.2 Å². The maximum Gasteiger partial charge on any atom is 0.221 e. The molecule has 0 aromatic heterocycles. The molecule has 2 N–H and O–H groups in total. The van der Waals surface area contributed by atoms with Crippen LogP contribution in [-0.4, -0.2) is 19.0 Å². The summed E-state index contributed by atoms with van der Waals surface area (Å²) >= 11 is 0. The second-order valence-corrected chi connectivity index (χ2v) is 5.03. The van der Waals surface area contributed by atoms with E-state index in [1.807, 2.05) is 0 Å². The third-order valence-electron chi connectivity index (χ3n) is 3.25. The van der Waals surface area contributed by atoms with Crippen LogP contribution >= 0.6 is 0 Å². The number of carbonyl (C=O) groups is 1. The van der Waals surface area contributed by atoms with Gasteiger partial charge in [0.2, 0.25) is 5.91 Å². The first-order chi connectivity index (χ1) is 11.0. The molecule has 2 aromatic carbocycles. The number of hydrogen-bond acceptors (Lipinski definition) is 2. The average molecular weight is 322 g/mol. The fourth-order valence-electron chi connectivity index (χ4n) is 2.01. The van der Waals surface area contributed by atoms with Crippen LogP contribution < -0.4 is 10.6 Å². The largest absolute Gasteiger partial charge is 0.384 e. The summed E-state index contributed by atoms with van der Waals surface area (Å²) in [4.78, 5) is 11.7. The van der Waals surface area contributed by atoms with Gasteiger partial charge in [0.05, 0.1) is 0 Å². The number of halogens is 3. The van der Waals surface area contributed by atoms with Crippen molar-refractivity contribution in [2.75, 3.05) is 18.4 Å². The minimum absolute atomic E-state index is 0.151. The number of amides is 1. The summed E-state index contributed by atoms with van der Waals surface area (Å²) < 4.78 is 38.5. The molecule has 0 aliphatic heterocycles. The van der Waals surface area contributed by atoms with Gasteiger partial charge in [0.15, 0.2) is 11.6 Å². The molecule has 0 bridgehead atoms. The van der Waals surface area contributed by atoms with Crippen molar-refractivity contribution in [3.8, 4) is 0 Å². The van der Waals surface area contributed by atoms with Crippen molar-refractivity contribution in [1.29, 1.82) is 0 Å². The predicted octanol–water partition coefficient (Wildman–Crippen LogP) is 3.26. The van der Waals surface area contributed by atoms with Crippen molar-refractivity contribution in [2.24, 2.45) is 0 Å². The van der Waals surface area contributed by atoms with E-state index in [2.05, 4.69) is 10.6 Å². The van der Waals surface area contributed by atoms with E-state index in [1.165, 1.54) is 18.2 Å². The van der Waals surface area contributed by atoms with Crippen LogP contribution in [0.2, 0.25) is 0 Å². The first-order valence-corrected chi connectivity index (χ1v) is 7.24. The number of carbonyl (C=O) groups excluding carboxylic acids is 1. The van der Waals surface area contributed by atoms with Gasteiger partial charge in [-0.25, -0.2) is 13.2 Å². The Balaban J connectivity index is 1.65. The fourth-order valence-corrected chi connectivity index (χ4v) is 2.01. The Bertz CT molecular complexity index is 659. The van der Waals surface area contributed by atoms with Gasteiger partial charge in [-0.1, -0.05) is 12.1 Å². The number of nitrogens with one attached hydrogen (secondary N) is 2. The van der Waals surface area contributed by atoms with Crippen LogP contribution in [0.15, 0.2) is 42.5 Å². The molecule has 0 saturated heterocycles. The molecule has 2 rings (SSSR count). The fraction of sp³-hybridized carbons (Fsp3) is 0.235. The summed E-state index contributed by atoms with van der Waals surface area (Å²) in [6.45, 7) is 0.767. The molecule has 0 unspecified atom stereocenters. The van der Waals surface area contributed by atoms with Crippen molar-refractivity contribution < 1.29 is 18.0 Å². The lowest BCUT2D eigenvalue weighted by Crippen LogP contribution is -2.27. The van der Waals surface area contributed by atoms with E-state index in [1.54, 1.807) is 12.1 Å². The van der Waals surface area contributed by atoms with Gasteiger partial charge < -0.3 is 10.6 Å². The molecular formula is C17H17F3N2O. The zero-order valence-electron chi connectivity index (χ0n) is 12.4. The van der Waals surface area contributed by atoms with E-state index in [-0.39, 0.29) is 18.1 Å². The standard InChI is InChI=1S/C17H17F3N2O/c18-13-3-1-12(2-4-13)7-9-22-17(23)8-10-21-14-5-6-15(19)16(20)11-14/h1-6,11,21H,7-10H2,(H,22,23). The summed E-state index contributed by atoms with van der Waals surface area (Å²) in [5.74, 6) is -2.28. The summed E-state index contributed by atoms with van der Waals surface area (Å²) in [7, 11) is 0. The Hall–Kier alpha value is -2.50. The molecule has 0 aliphatic carbocycles. The number of hydrogen-bond donors (Lipinski definition) is 2. The first kappa shape index (κ1) is 16.9. The van der Waals surface area contributed by atoms with Crippen molar-refractivity contribution in [1.82, 2.24) is 5.32 Å². The lowest BCUT2D eigenvalue weighted by molar-refractivity contribution is -0.120. The van der Waals surface area contributed by atoms with Crippen LogP contribution in [0.4, 0.5) is 18.9 Å². The molecule has 6 heteroatoms. The average Bonchev–Trinajstić information content (AvgIpc) is 2.53. The minimum Gasteiger partial charge on any atom is -0.384 e. The van der Waals surface area contributed by atoms with Crippen LogP contribution in [0.5, 0.6) is 0 Å². The highest BCUT2D eigenvalue weighted by molar-refractivity contribution is 5.76. The summed E-state index contributed by atoms with van der Waals surface area (Å²) in [5, 5.41) is 5.59. The highest BCUT2D eigenvalue weighted by Gasteiger charge is 2.04. The van der Waals surface area contributed by atoms with Crippen LogP contribution in [0.1, 0.15) is 12.0 Å². The topological polar surface area (TPSA) is 41.1 Å². The second kappa shape index (κ2) is 8.22. The monoisotopic (exact) mass is 322 g/mol. The SMILES string of the molecule is O=C(CCNc1ccc(F)c(F)c1)NCCc1ccc(F)cc1. The zero-order valence-corrected chi connectivity index (χ0v) is 12.4. The Morgan fingerprint density at radius 1 is 0.913 bits per heavy atom. The Morgan fingerprint density at radius 2 is 1.65 bits per heavy atom. The second-order valence-electron chi connectivity index (χ2n) is 5.03. The van der Waals surface area contributed by atoms with Crippen LogP contribution in [0.25, 0.3) is 0 Å². The van der Waals surface area contributed by atoms with Gasteiger partial charge in [-0.2, -0.15) is 0 Å². The van der Waals surface area contributed by atoms with Gasteiger partial charge in [0.25, 0.3) is 0 Å². The molecule has 23 heavy (non-hydrogen) atoms. The van der Waals surface area contributed by atoms with Crippen molar-refractivity contribution >= 4 is 11.6 Å². The summed E-state index contributed by atoms with van der Waals surface area (Å²) in [6.07, 6.45) is 0.824. The lowest BCUT2D eigenvalue weighted by Gasteiger charge is -2.08. The molecule has 122 valence electrons. The first-order valence-electron chi connectivity index (χ1n) is 7.24. The molecule has 0 radical (unpaired) electrons. The number of benzene rings is 2. The Morgan fingerprint density at radius 3 is 2.35 bits per heavy atom. The van der Waals surface area contributed by atoms with Gasteiger partial charge in [-0.15, -0.1) is 0 Å². The summed E-state index contributed by atoms with van der Waals surface area (Å²) in [5.41, 5.74) is 1.36. The molecule has 0 aliphatic rings. The van der Waals surface area contributed by atoms with E-state index in [0.717, 1.165) is 17.7 Å². The van der Waals surface area contributed by atoms with Gasteiger partial charge >= 0.3 is 0 Å². The summed E-state index contributed by atoms with van der Waals surface area (Å²) in [6, 6.07) is 9.58. The maximum atomic E-state index is 13.0. The highest BCUT2D eigenvalue weighted by Crippen LogP contribution is 2.12. The molecule has 0 spiro atoms. The Labute approximate surface area is 132 Å². The molecule has 1 amide bonds. The quantitative estimate of drug-likeness (QED) is 0.821. The smallest absolute Gasteiger partial charge is 0.221 e. The predicted molar refractivity (Wildman–Crippen MR) is 82.6 cm³/mol. The third kappa shape index (κ3) is 5.65. The van der Waals surface area contributed by atoms with Gasteiger partial charge in [0, 0.05) is 25.2 Å². The molecular weight excluding hydrogens is 305 g/mol. The van der Waals surface area contributed by atoms with E-state index in [4.69, 9.17) is 0 Å². The number of anilines is 1. The molecule has 0 atom stereocenters. The third-order valence-corrected chi connectivity index (χ3v) is 3.25. The van der Waals surface area contributed by atoms with Crippen LogP contribution in [0.3, 0.4) is 0 Å². The molecule has 0 saturated carbocycles. The van der Waals surface area contributed by atoms with E-state index >= 15 is 0 Å². The van der Waals surface area contributed by atoms with Crippen LogP contribution in [0, 0.1) is 17.5 Å². The van der Waals surface area contributed by atoms with Crippen molar-refractivity contribution in [3.63, 3.8) is 0 Å². The van der Waals surface area contributed by atoms with E-state index in [0.29, 0.717) is 25.2 Å². The molecule has 0 heterocycles. The number of rotatable bonds is 7. The minimum atomic E-state index is -0.932. The van der Waals surface area contributed by atoms with Gasteiger partial charge in [-0.3, -0.25) is 4.79 Å². The normalized spacial score (nSPS) is 10.4. The van der Waals surface area contributed by atoms with E-state index < -0.39 is 11.6 Å². The zero-order chi connectivity index (χ0) is 16.7. The molecule has 2 aromatic rings. The molecule has 0 fully saturated rings. The van der Waals surface area contributed by atoms with Gasteiger partial charge in [0.1, 0.15) is 5.82 Å². The van der Waals surface area contributed by atoms with E-state index in [9.17, 15) is 18.0 Å². The van der Waals surface area contributed by atoms with Crippen molar-refractivity contribution in [3.05, 3.63) is 65.5 Å². The molecule has 3 nitrogen and oxygen atoms in total. The Kier molecular flexibility index (Phi) is 6.02. The highest BCUT2D eigenvalue weighted by atomic mass is 19.2. The van der Waals surface area contributed by atoms with Crippen molar-refractivity contribution in [2.45, 2.75) is 12.8 Å².